The molecule has 0 atom stereocenters. The minimum absolute atomic E-state index is 0. The SMILES string of the molecule is C=COC=C.[Mg+2]. The van der Waals surface area contributed by atoms with Gasteiger partial charge in [0.1, 0.15) is 0 Å². The molecule has 28 valence electrons. The third-order valence-corrected chi connectivity index (χ3v) is 0.192. The molecule has 0 aliphatic carbocycles. The van der Waals surface area contributed by atoms with Crippen molar-refractivity contribution in [2.24, 2.45) is 0 Å². The zero-order chi connectivity index (χ0) is 4.12. The van der Waals surface area contributed by atoms with Crippen molar-refractivity contribution in [2.75, 3.05) is 0 Å². The normalized spacial score (nSPS) is 4.67. The van der Waals surface area contributed by atoms with E-state index in [1.165, 1.54) is 12.5 Å². The summed E-state index contributed by atoms with van der Waals surface area (Å²) >= 11 is 0. The number of rotatable bonds is 2. The van der Waals surface area contributed by atoms with Gasteiger partial charge < -0.3 is 4.74 Å². The largest absolute Gasteiger partial charge is 2.00 e. The molecule has 0 aliphatic rings. The summed E-state index contributed by atoms with van der Waals surface area (Å²) in [5, 5.41) is 0. The number of hydrogen-bond donors (Lipinski definition) is 0. The fourth-order valence-electron chi connectivity index (χ4n) is 0.0680. The van der Waals surface area contributed by atoms with Crippen molar-refractivity contribution >= 4 is 23.1 Å². The first-order valence-corrected chi connectivity index (χ1v) is 1.29. The van der Waals surface area contributed by atoms with Gasteiger partial charge in [0.15, 0.2) is 0 Å². The smallest absolute Gasteiger partial charge is 0.474 e. The number of hydrogen-bond acceptors (Lipinski definition) is 1. The molecule has 0 fully saturated rings. The third kappa shape index (κ3) is 8.97. The Morgan fingerprint density at radius 1 is 1.17 bits per heavy atom. The van der Waals surface area contributed by atoms with Crippen LogP contribution in [0.5, 0.6) is 0 Å². The molecule has 0 aromatic rings. The van der Waals surface area contributed by atoms with E-state index in [1.807, 2.05) is 0 Å². The van der Waals surface area contributed by atoms with Crippen molar-refractivity contribution < 1.29 is 4.74 Å². The van der Waals surface area contributed by atoms with Crippen LogP contribution in [-0.2, 0) is 4.74 Å². The zero-order valence-corrected chi connectivity index (χ0v) is 5.10. The molecule has 6 heavy (non-hydrogen) atoms. The van der Waals surface area contributed by atoms with Gasteiger partial charge in [-0.1, -0.05) is 13.2 Å². The van der Waals surface area contributed by atoms with Crippen LogP contribution in [0.15, 0.2) is 25.7 Å². The van der Waals surface area contributed by atoms with E-state index in [0.29, 0.717) is 0 Å². The molecule has 0 saturated carbocycles. The molecule has 0 heterocycles. The summed E-state index contributed by atoms with van der Waals surface area (Å²) in [4.78, 5) is 0. The second kappa shape index (κ2) is 8.90. The van der Waals surface area contributed by atoms with E-state index >= 15 is 0 Å². The van der Waals surface area contributed by atoms with Gasteiger partial charge in [-0.05, 0) is 0 Å². The van der Waals surface area contributed by atoms with E-state index < -0.39 is 0 Å². The first-order chi connectivity index (χ1) is 2.41. The second-order valence-electron chi connectivity index (χ2n) is 0.469. The van der Waals surface area contributed by atoms with E-state index in [1.54, 1.807) is 0 Å². The minimum Gasteiger partial charge on any atom is -0.474 e. The fraction of sp³-hybridized carbons (Fsp3) is 0. The minimum atomic E-state index is 0. The number of ether oxygens (including phenoxy) is 1. The van der Waals surface area contributed by atoms with E-state index in [-0.39, 0.29) is 23.1 Å². The maximum Gasteiger partial charge on any atom is 2.00 e. The molecular formula is C4H6MgO+2. The molecule has 0 rings (SSSR count). The maximum absolute atomic E-state index is 4.36. The summed E-state index contributed by atoms with van der Waals surface area (Å²) < 4.78 is 4.36. The molecule has 0 aromatic heterocycles. The topological polar surface area (TPSA) is 9.23 Å². The Hall–Kier alpha value is 0.0462. The van der Waals surface area contributed by atoms with Crippen molar-refractivity contribution in [1.82, 2.24) is 0 Å². The quantitative estimate of drug-likeness (QED) is 0.365. The van der Waals surface area contributed by atoms with Gasteiger partial charge in [0.2, 0.25) is 0 Å². The average molecular weight is 94.4 g/mol. The standard InChI is InChI=1S/C4H6O.Mg/c1-3-5-4-2;/h3-4H,1-2H2;/q;+2. The van der Waals surface area contributed by atoms with E-state index in [9.17, 15) is 0 Å². The van der Waals surface area contributed by atoms with Gasteiger partial charge in [0.25, 0.3) is 0 Å². The van der Waals surface area contributed by atoms with Gasteiger partial charge in [0.05, 0.1) is 12.5 Å². The third-order valence-electron chi connectivity index (χ3n) is 0.192. The van der Waals surface area contributed by atoms with Crippen molar-refractivity contribution in [3.63, 3.8) is 0 Å². The van der Waals surface area contributed by atoms with Gasteiger partial charge in [-0.2, -0.15) is 0 Å². The summed E-state index contributed by atoms with van der Waals surface area (Å²) in [6.07, 6.45) is 2.62. The summed E-state index contributed by atoms with van der Waals surface area (Å²) in [6.45, 7) is 6.51. The second-order valence-corrected chi connectivity index (χ2v) is 0.469. The molecule has 0 aromatic carbocycles. The molecule has 0 amide bonds. The van der Waals surface area contributed by atoms with Crippen molar-refractivity contribution in [2.45, 2.75) is 0 Å². The molecule has 1 nitrogen and oxygen atoms in total. The predicted octanol–water partition coefficient (Wildman–Crippen LogP) is 0.909. The first kappa shape index (κ1) is 9.40. The Labute approximate surface area is 53.8 Å². The Morgan fingerprint density at radius 2 is 1.50 bits per heavy atom. The van der Waals surface area contributed by atoms with Crippen LogP contribution in [0.3, 0.4) is 0 Å². The van der Waals surface area contributed by atoms with Crippen LogP contribution in [0.4, 0.5) is 0 Å². The van der Waals surface area contributed by atoms with Gasteiger partial charge in [-0.25, -0.2) is 0 Å². The fourth-order valence-corrected chi connectivity index (χ4v) is 0.0680. The van der Waals surface area contributed by atoms with Crippen molar-refractivity contribution in [3.8, 4) is 0 Å². The van der Waals surface area contributed by atoms with Gasteiger partial charge in [-0.15, -0.1) is 0 Å². The Bertz CT molecular complexity index is 36.8. The van der Waals surface area contributed by atoms with Gasteiger partial charge in [-0.3, -0.25) is 0 Å². The first-order valence-electron chi connectivity index (χ1n) is 1.29. The molecular weight excluding hydrogens is 88.3 g/mol. The van der Waals surface area contributed by atoms with Gasteiger partial charge >= 0.3 is 23.1 Å². The molecule has 0 aliphatic heterocycles. The van der Waals surface area contributed by atoms with E-state index in [0.717, 1.165) is 0 Å². The maximum atomic E-state index is 4.36. The van der Waals surface area contributed by atoms with E-state index in [4.69, 9.17) is 0 Å². The van der Waals surface area contributed by atoms with Crippen LogP contribution in [0.25, 0.3) is 0 Å². The summed E-state index contributed by atoms with van der Waals surface area (Å²) in [5.74, 6) is 0. The van der Waals surface area contributed by atoms with Crippen molar-refractivity contribution in [1.29, 1.82) is 0 Å². The molecule has 0 N–H and O–H groups in total. The van der Waals surface area contributed by atoms with Crippen molar-refractivity contribution in [3.05, 3.63) is 25.7 Å². The van der Waals surface area contributed by atoms with Crippen LogP contribution < -0.4 is 0 Å². The Morgan fingerprint density at radius 3 is 1.50 bits per heavy atom. The molecule has 0 radical (unpaired) electrons. The summed E-state index contributed by atoms with van der Waals surface area (Å²) in [6, 6.07) is 0. The molecule has 0 spiro atoms. The molecule has 0 bridgehead atoms. The van der Waals surface area contributed by atoms with Crippen LogP contribution in [0, 0.1) is 0 Å². The Kier molecular flexibility index (Phi) is 14.0. The van der Waals surface area contributed by atoms with Crippen LogP contribution in [0.1, 0.15) is 0 Å². The Balaban J connectivity index is 0. The predicted molar refractivity (Wildman–Crippen MR) is 27.2 cm³/mol. The summed E-state index contributed by atoms with van der Waals surface area (Å²) in [5.41, 5.74) is 0. The van der Waals surface area contributed by atoms with E-state index in [2.05, 4.69) is 17.9 Å². The zero-order valence-electron chi connectivity index (χ0n) is 3.68. The summed E-state index contributed by atoms with van der Waals surface area (Å²) in [7, 11) is 0. The molecule has 0 saturated heterocycles. The van der Waals surface area contributed by atoms with Crippen LogP contribution >= 0.6 is 0 Å². The van der Waals surface area contributed by atoms with Crippen LogP contribution in [0.2, 0.25) is 0 Å². The monoisotopic (exact) mass is 94.0 g/mol. The van der Waals surface area contributed by atoms with Gasteiger partial charge in [0, 0.05) is 0 Å². The molecule has 0 unspecified atom stereocenters. The molecule has 2 heteroatoms. The average Bonchev–Trinajstić information content (AvgIpc) is 1.41. The van der Waals surface area contributed by atoms with Crippen LogP contribution in [-0.4, -0.2) is 23.1 Å².